The monoisotopic (exact) mass is 378 g/mol. The number of hydrogen-bond donors (Lipinski definition) is 1. The van der Waals surface area contributed by atoms with Crippen LogP contribution in [-0.4, -0.2) is 36.9 Å². The van der Waals surface area contributed by atoms with E-state index in [1.165, 1.54) is 0 Å². The topological polar surface area (TPSA) is 58.6 Å². The first kappa shape index (κ1) is 19.7. The lowest BCUT2D eigenvalue weighted by molar-refractivity contribution is -0.126. The number of rotatable bonds is 6. The van der Waals surface area contributed by atoms with Gasteiger partial charge in [0.25, 0.3) is 5.91 Å². The maximum absolute atomic E-state index is 12.7. The first-order valence-electron chi connectivity index (χ1n) is 9.66. The summed E-state index contributed by atoms with van der Waals surface area (Å²) >= 11 is 0. The molecule has 1 N–H and O–H groups in total. The molecule has 0 aliphatic carbocycles. The number of amides is 2. The van der Waals surface area contributed by atoms with Gasteiger partial charge in [0.15, 0.2) is 0 Å². The highest BCUT2D eigenvalue weighted by molar-refractivity contribution is 5.95. The molecule has 1 fully saturated rings. The van der Waals surface area contributed by atoms with Crippen LogP contribution in [0.3, 0.4) is 0 Å². The molecule has 1 aliphatic heterocycles. The van der Waals surface area contributed by atoms with Gasteiger partial charge in [-0.3, -0.25) is 9.59 Å². The molecule has 0 radical (unpaired) electrons. The van der Waals surface area contributed by atoms with Crippen LogP contribution >= 0.6 is 0 Å². The highest BCUT2D eigenvalue weighted by Gasteiger charge is 2.28. The molecule has 146 valence electrons. The van der Waals surface area contributed by atoms with Crippen LogP contribution in [0.4, 0.5) is 0 Å². The molecule has 1 unspecified atom stereocenters. The van der Waals surface area contributed by atoms with Gasteiger partial charge < -0.3 is 15.0 Å². The fourth-order valence-electron chi connectivity index (χ4n) is 3.48. The van der Waals surface area contributed by atoms with Crippen LogP contribution in [0.5, 0.6) is 5.75 Å². The average Bonchev–Trinajstić information content (AvgIpc) is 3.22. The third kappa shape index (κ3) is 4.60. The van der Waals surface area contributed by atoms with E-state index in [0.29, 0.717) is 12.2 Å². The van der Waals surface area contributed by atoms with Gasteiger partial charge in [0, 0.05) is 25.2 Å². The maximum atomic E-state index is 12.7. The first-order valence-corrected chi connectivity index (χ1v) is 9.66. The largest absolute Gasteiger partial charge is 0.494 e. The molecule has 5 nitrogen and oxygen atoms in total. The fraction of sp³-hybridized carbons (Fsp3) is 0.304. The lowest BCUT2D eigenvalue weighted by atomic mass is 10.0. The van der Waals surface area contributed by atoms with E-state index in [0.717, 1.165) is 36.3 Å². The van der Waals surface area contributed by atoms with Gasteiger partial charge in [-0.05, 0) is 61.2 Å². The molecule has 28 heavy (non-hydrogen) atoms. The summed E-state index contributed by atoms with van der Waals surface area (Å²) in [6, 6.07) is 15.3. The number of likely N-dealkylation sites (tertiary alicyclic amines) is 1. The first-order chi connectivity index (χ1) is 13.6. The standard InChI is InChI=1S/C23H26N2O3/c1-3-28-20-13-11-18(12-14-20)21-5-4-16-25(21)22(26)15-8-17-6-9-19(10-7-17)23(27)24-2/h6-15,21H,3-5,16H2,1-2H3,(H,24,27)/b15-8+. The summed E-state index contributed by atoms with van der Waals surface area (Å²) in [6.45, 7) is 3.36. The van der Waals surface area contributed by atoms with Crippen molar-refractivity contribution >= 4 is 17.9 Å². The zero-order chi connectivity index (χ0) is 19.9. The number of carbonyl (C=O) groups excluding carboxylic acids is 2. The molecule has 5 heteroatoms. The van der Waals surface area contributed by atoms with E-state index < -0.39 is 0 Å². The Balaban J connectivity index is 1.67. The Labute approximate surface area is 166 Å². The average molecular weight is 378 g/mol. The van der Waals surface area contributed by atoms with E-state index in [1.54, 1.807) is 31.3 Å². The second kappa shape index (κ2) is 9.22. The van der Waals surface area contributed by atoms with Crippen molar-refractivity contribution in [1.29, 1.82) is 0 Å². The molecule has 1 heterocycles. The van der Waals surface area contributed by atoms with Gasteiger partial charge in [0.2, 0.25) is 5.91 Å². The van der Waals surface area contributed by atoms with Gasteiger partial charge in [-0.2, -0.15) is 0 Å². The molecule has 0 spiro atoms. The SMILES string of the molecule is CCOc1ccc(C2CCCN2C(=O)/C=C/c2ccc(C(=O)NC)cc2)cc1. The van der Waals surface area contributed by atoms with Crippen LogP contribution in [0.1, 0.15) is 47.3 Å². The van der Waals surface area contributed by atoms with Crippen molar-refractivity contribution in [2.24, 2.45) is 0 Å². The highest BCUT2D eigenvalue weighted by atomic mass is 16.5. The molecule has 1 atom stereocenters. The van der Waals surface area contributed by atoms with Crippen LogP contribution in [0.15, 0.2) is 54.6 Å². The van der Waals surface area contributed by atoms with Crippen molar-refractivity contribution < 1.29 is 14.3 Å². The predicted molar refractivity (Wildman–Crippen MR) is 110 cm³/mol. The summed E-state index contributed by atoms with van der Waals surface area (Å²) in [5, 5.41) is 2.59. The Bertz CT molecular complexity index is 841. The second-order valence-corrected chi connectivity index (χ2v) is 6.73. The summed E-state index contributed by atoms with van der Waals surface area (Å²) in [5.41, 5.74) is 2.62. The number of ether oxygens (including phenoxy) is 1. The number of nitrogens with zero attached hydrogens (tertiary/aromatic N) is 1. The number of nitrogens with one attached hydrogen (secondary N) is 1. The minimum absolute atomic E-state index is 0.00626. The molecule has 0 aromatic heterocycles. The lowest BCUT2D eigenvalue weighted by Crippen LogP contribution is -2.28. The van der Waals surface area contributed by atoms with E-state index >= 15 is 0 Å². The number of carbonyl (C=O) groups is 2. The molecule has 2 aromatic rings. The molecule has 0 bridgehead atoms. The normalized spacial score (nSPS) is 16.4. The van der Waals surface area contributed by atoms with Crippen molar-refractivity contribution in [1.82, 2.24) is 10.2 Å². The lowest BCUT2D eigenvalue weighted by Gasteiger charge is -2.24. The molecule has 3 rings (SSSR count). The Morgan fingerprint density at radius 1 is 1.14 bits per heavy atom. The minimum Gasteiger partial charge on any atom is -0.494 e. The Morgan fingerprint density at radius 2 is 1.86 bits per heavy atom. The Hall–Kier alpha value is -3.08. The van der Waals surface area contributed by atoms with Crippen LogP contribution < -0.4 is 10.1 Å². The van der Waals surface area contributed by atoms with Crippen molar-refractivity contribution in [3.05, 3.63) is 71.3 Å². The highest BCUT2D eigenvalue weighted by Crippen LogP contribution is 2.33. The van der Waals surface area contributed by atoms with Gasteiger partial charge in [-0.1, -0.05) is 24.3 Å². The van der Waals surface area contributed by atoms with Gasteiger partial charge in [0.05, 0.1) is 12.6 Å². The zero-order valence-corrected chi connectivity index (χ0v) is 16.4. The summed E-state index contributed by atoms with van der Waals surface area (Å²) in [6.07, 6.45) is 5.37. The van der Waals surface area contributed by atoms with E-state index in [1.807, 2.05) is 48.2 Å². The number of benzene rings is 2. The summed E-state index contributed by atoms with van der Waals surface area (Å²) in [5.74, 6) is 0.732. The van der Waals surface area contributed by atoms with Crippen LogP contribution in [0.25, 0.3) is 6.08 Å². The maximum Gasteiger partial charge on any atom is 0.251 e. The van der Waals surface area contributed by atoms with Gasteiger partial charge in [0.1, 0.15) is 5.75 Å². The van der Waals surface area contributed by atoms with E-state index in [-0.39, 0.29) is 17.9 Å². The zero-order valence-electron chi connectivity index (χ0n) is 16.4. The summed E-state index contributed by atoms with van der Waals surface area (Å²) < 4.78 is 5.50. The van der Waals surface area contributed by atoms with Crippen molar-refractivity contribution in [2.45, 2.75) is 25.8 Å². The third-order valence-electron chi connectivity index (χ3n) is 4.93. The molecule has 2 amide bonds. The smallest absolute Gasteiger partial charge is 0.251 e. The Morgan fingerprint density at radius 3 is 2.50 bits per heavy atom. The molecule has 1 saturated heterocycles. The minimum atomic E-state index is -0.123. The second-order valence-electron chi connectivity index (χ2n) is 6.73. The molecular formula is C23H26N2O3. The van der Waals surface area contributed by atoms with Crippen LogP contribution in [-0.2, 0) is 4.79 Å². The predicted octanol–water partition coefficient (Wildman–Crippen LogP) is 3.82. The van der Waals surface area contributed by atoms with Crippen molar-refractivity contribution in [2.75, 3.05) is 20.2 Å². The molecule has 2 aromatic carbocycles. The van der Waals surface area contributed by atoms with Crippen LogP contribution in [0.2, 0.25) is 0 Å². The van der Waals surface area contributed by atoms with Crippen molar-refractivity contribution in [3.63, 3.8) is 0 Å². The quantitative estimate of drug-likeness (QED) is 0.778. The van der Waals surface area contributed by atoms with Crippen LogP contribution in [0, 0.1) is 0 Å². The summed E-state index contributed by atoms with van der Waals surface area (Å²) in [7, 11) is 1.60. The molecule has 0 saturated carbocycles. The molecule has 1 aliphatic rings. The van der Waals surface area contributed by atoms with Gasteiger partial charge >= 0.3 is 0 Å². The van der Waals surface area contributed by atoms with Crippen molar-refractivity contribution in [3.8, 4) is 5.75 Å². The Kier molecular flexibility index (Phi) is 6.48. The molecular weight excluding hydrogens is 352 g/mol. The van der Waals surface area contributed by atoms with Gasteiger partial charge in [-0.15, -0.1) is 0 Å². The van der Waals surface area contributed by atoms with E-state index in [9.17, 15) is 9.59 Å². The summed E-state index contributed by atoms with van der Waals surface area (Å²) in [4.78, 5) is 26.3. The van der Waals surface area contributed by atoms with Gasteiger partial charge in [-0.25, -0.2) is 0 Å². The fourth-order valence-corrected chi connectivity index (χ4v) is 3.48. The van der Waals surface area contributed by atoms with E-state index in [4.69, 9.17) is 4.74 Å². The van der Waals surface area contributed by atoms with E-state index in [2.05, 4.69) is 5.32 Å². The third-order valence-corrected chi connectivity index (χ3v) is 4.93. The number of hydrogen-bond acceptors (Lipinski definition) is 3.